The third-order valence-electron chi connectivity index (χ3n) is 7.11. The lowest BCUT2D eigenvalue weighted by Gasteiger charge is -2.37. The average molecular weight is 467 g/mol. The average Bonchev–Trinajstić information content (AvgIpc) is 2.80. The van der Waals surface area contributed by atoms with E-state index in [0.717, 1.165) is 38.5 Å². The van der Waals surface area contributed by atoms with Crippen molar-refractivity contribution in [2.24, 2.45) is 17.3 Å². The second kappa shape index (κ2) is 15.1. The van der Waals surface area contributed by atoms with E-state index in [9.17, 15) is 14.4 Å². The van der Waals surface area contributed by atoms with E-state index in [1.54, 1.807) is 31.9 Å². The Balaban J connectivity index is 5.95. The first-order valence-electron chi connectivity index (χ1n) is 12.9. The summed E-state index contributed by atoms with van der Waals surface area (Å²) in [6.45, 7) is 18.1. The van der Waals surface area contributed by atoms with E-state index in [0.29, 0.717) is 12.2 Å². The lowest BCUT2D eigenvalue weighted by atomic mass is 9.76. The summed E-state index contributed by atoms with van der Waals surface area (Å²) in [5, 5.41) is 3.15. The number of unbranched alkanes of at least 4 members (excludes halogenated alkanes) is 1. The van der Waals surface area contributed by atoms with Crippen LogP contribution in [0.25, 0.3) is 0 Å². The van der Waals surface area contributed by atoms with Crippen LogP contribution in [0.1, 0.15) is 101 Å². The fourth-order valence-electron chi connectivity index (χ4n) is 4.22. The van der Waals surface area contributed by atoms with Gasteiger partial charge in [-0.3, -0.25) is 9.59 Å². The van der Waals surface area contributed by atoms with E-state index in [2.05, 4.69) is 26.1 Å². The Morgan fingerprint density at radius 2 is 1.61 bits per heavy atom. The van der Waals surface area contributed by atoms with Crippen LogP contribution >= 0.6 is 0 Å². The van der Waals surface area contributed by atoms with Crippen LogP contribution in [0.4, 0.5) is 0 Å². The molecule has 33 heavy (non-hydrogen) atoms. The third-order valence-corrected chi connectivity index (χ3v) is 7.11. The molecule has 0 heterocycles. The molecule has 192 valence electrons. The first kappa shape index (κ1) is 31.1. The number of rotatable bonds is 15. The molecule has 0 unspecified atom stereocenters. The number of nitrogens with one attached hydrogen (secondary N) is 1. The molecule has 0 bridgehead atoms. The van der Waals surface area contributed by atoms with Crippen LogP contribution in [0.2, 0.25) is 0 Å². The Morgan fingerprint density at radius 1 is 1.03 bits per heavy atom. The zero-order valence-electron chi connectivity index (χ0n) is 22.9. The number of hydrogen-bond donors (Lipinski definition) is 1. The molecule has 0 aromatic heterocycles. The quantitative estimate of drug-likeness (QED) is 0.255. The first-order chi connectivity index (χ1) is 15.5. The van der Waals surface area contributed by atoms with Crippen LogP contribution < -0.4 is 5.32 Å². The smallest absolute Gasteiger partial charge is 0.333 e. The number of nitrogens with zero attached hydrogens (tertiary/aromatic N) is 1. The van der Waals surface area contributed by atoms with E-state index in [1.807, 2.05) is 27.7 Å². The minimum Gasteiger partial charge on any atom is -0.463 e. The van der Waals surface area contributed by atoms with Crippen LogP contribution in [-0.2, 0) is 19.1 Å². The summed E-state index contributed by atoms with van der Waals surface area (Å²) in [5.74, 6) is -0.438. The van der Waals surface area contributed by atoms with Gasteiger partial charge in [0.15, 0.2) is 0 Å². The second-order valence-electron chi connectivity index (χ2n) is 9.68. The summed E-state index contributed by atoms with van der Waals surface area (Å²) in [4.78, 5) is 41.0. The molecule has 1 N–H and O–H groups in total. The maximum Gasteiger partial charge on any atom is 0.333 e. The summed E-state index contributed by atoms with van der Waals surface area (Å²) in [5.41, 5.74) is 0.0354. The van der Waals surface area contributed by atoms with Gasteiger partial charge in [-0.2, -0.15) is 0 Å². The number of esters is 1. The molecule has 6 nitrogen and oxygen atoms in total. The van der Waals surface area contributed by atoms with Gasteiger partial charge in [0.05, 0.1) is 12.6 Å². The molecule has 0 saturated carbocycles. The minimum absolute atomic E-state index is 0.00978. The van der Waals surface area contributed by atoms with E-state index in [1.165, 1.54) is 0 Å². The summed E-state index contributed by atoms with van der Waals surface area (Å²) in [6.07, 6.45) is 6.94. The minimum atomic E-state index is -0.607. The molecular weight excluding hydrogens is 416 g/mol. The number of ether oxygens (including phenoxy) is 1. The molecule has 0 spiro atoms. The molecule has 0 fully saturated rings. The maximum atomic E-state index is 13.7. The molecule has 0 radical (unpaired) electrons. The van der Waals surface area contributed by atoms with Crippen LogP contribution in [0.5, 0.6) is 0 Å². The largest absolute Gasteiger partial charge is 0.463 e. The van der Waals surface area contributed by atoms with Crippen molar-refractivity contribution in [3.05, 3.63) is 11.6 Å². The molecule has 0 aliphatic rings. The maximum absolute atomic E-state index is 13.7. The van der Waals surface area contributed by atoms with E-state index in [-0.39, 0.29) is 35.7 Å². The highest BCUT2D eigenvalue weighted by molar-refractivity contribution is 5.91. The molecule has 3 atom stereocenters. The fourth-order valence-corrected chi connectivity index (χ4v) is 4.22. The molecule has 6 heteroatoms. The Bertz CT molecular complexity index is 653. The second-order valence-corrected chi connectivity index (χ2v) is 9.68. The Hall–Kier alpha value is -1.85. The molecule has 0 aliphatic heterocycles. The molecule has 2 amide bonds. The van der Waals surface area contributed by atoms with Crippen molar-refractivity contribution in [2.45, 2.75) is 113 Å². The first-order valence-corrected chi connectivity index (χ1v) is 12.9. The van der Waals surface area contributed by atoms with Crippen molar-refractivity contribution < 1.29 is 19.1 Å². The van der Waals surface area contributed by atoms with Gasteiger partial charge in [-0.05, 0) is 44.9 Å². The molecule has 0 rings (SSSR count). The topological polar surface area (TPSA) is 75.7 Å². The summed E-state index contributed by atoms with van der Waals surface area (Å²) >= 11 is 0. The van der Waals surface area contributed by atoms with Gasteiger partial charge in [0, 0.05) is 18.0 Å². The molecule has 0 saturated heterocycles. The highest BCUT2D eigenvalue weighted by Gasteiger charge is 2.39. The van der Waals surface area contributed by atoms with Crippen molar-refractivity contribution in [1.29, 1.82) is 0 Å². The lowest BCUT2D eigenvalue weighted by Crippen LogP contribution is -2.56. The van der Waals surface area contributed by atoms with Gasteiger partial charge in [-0.15, -0.1) is 0 Å². The monoisotopic (exact) mass is 466 g/mol. The summed E-state index contributed by atoms with van der Waals surface area (Å²) < 4.78 is 5.11. The van der Waals surface area contributed by atoms with E-state index < -0.39 is 11.5 Å². The molecule has 0 aromatic carbocycles. The normalized spacial score (nSPS) is 15.1. The van der Waals surface area contributed by atoms with Crippen LogP contribution in [0.15, 0.2) is 11.6 Å². The van der Waals surface area contributed by atoms with Crippen LogP contribution in [0.3, 0.4) is 0 Å². The number of hydrogen-bond acceptors (Lipinski definition) is 4. The van der Waals surface area contributed by atoms with Crippen molar-refractivity contribution in [3.8, 4) is 0 Å². The summed E-state index contributed by atoms with van der Waals surface area (Å²) in [7, 11) is 1.76. The molecule has 0 aromatic rings. The van der Waals surface area contributed by atoms with Crippen LogP contribution in [-0.4, -0.2) is 48.4 Å². The standard InChI is InChI=1S/C27H50N2O4/c1-11-16-17-27(13-3,14-4)26(32)28-23(20(8)12-2)24(30)29(10)22(19(6)7)18-21(9)25(31)33-15-5/h18-20,22-23H,11-17H2,1-10H3,(H,28,32)/b21-18+/t20-,22+,23-/m0/s1. The predicted octanol–water partition coefficient (Wildman–Crippen LogP) is 5.51. The van der Waals surface area contributed by atoms with Gasteiger partial charge >= 0.3 is 5.97 Å². The number of carbonyl (C=O) groups is 3. The van der Waals surface area contributed by atoms with Gasteiger partial charge in [0.1, 0.15) is 6.04 Å². The van der Waals surface area contributed by atoms with Crippen molar-refractivity contribution in [2.75, 3.05) is 13.7 Å². The van der Waals surface area contributed by atoms with Gasteiger partial charge in [0.25, 0.3) is 0 Å². The number of carbonyl (C=O) groups excluding carboxylic acids is 3. The van der Waals surface area contributed by atoms with E-state index in [4.69, 9.17) is 4.74 Å². The number of amides is 2. The van der Waals surface area contributed by atoms with Crippen molar-refractivity contribution >= 4 is 17.8 Å². The highest BCUT2D eigenvalue weighted by atomic mass is 16.5. The molecular formula is C27H50N2O4. The van der Waals surface area contributed by atoms with Gasteiger partial charge < -0.3 is 15.0 Å². The van der Waals surface area contributed by atoms with E-state index >= 15 is 0 Å². The lowest BCUT2D eigenvalue weighted by molar-refractivity contribution is -0.142. The van der Waals surface area contributed by atoms with Crippen molar-refractivity contribution in [3.63, 3.8) is 0 Å². The fraction of sp³-hybridized carbons (Fsp3) is 0.815. The zero-order valence-corrected chi connectivity index (χ0v) is 22.9. The zero-order chi connectivity index (χ0) is 25.8. The third kappa shape index (κ3) is 8.78. The summed E-state index contributed by atoms with van der Waals surface area (Å²) in [6, 6.07) is -0.892. The van der Waals surface area contributed by atoms with Gasteiger partial charge in [-0.1, -0.05) is 73.8 Å². The Labute approximate surface area is 202 Å². The van der Waals surface area contributed by atoms with Crippen LogP contribution in [0, 0.1) is 17.3 Å². The van der Waals surface area contributed by atoms with Gasteiger partial charge in [0.2, 0.25) is 11.8 Å². The SMILES string of the molecule is CCCCC(CC)(CC)C(=O)N[C@H](C(=O)N(C)[C@H](/C=C(\C)C(=O)OCC)C(C)C)[C@@H](C)CC. The van der Waals surface area contributed by atoms with Gasteiger partial charge in [-0.25, -0.2) is 4.79 Å². The van der Waals surface area contributed by atoms with Crippen molar-refractivity contribution in [1.82, 2.24) is 10.2 Å². The Kier molecular flexibility index (Phi) is 14.3. The Morgan fingerprint density at radius 3 is 2.03 bits per heavy atom. The molecule has 0 aliphatic carbocycles. The predicted molar refractivity (Wildman–Crippen MR) is 136 cm³/mol. The number of likely N-dealkylation sites (N-methyl/N-ethyl adjacent to an activating group) is 1. The highest BCUT2D eigenvalue weighted by Crippen LogP contribution is 2.33.